The van der Waals surface area contributed by atoms with E-state index < -0.39 is 0 Å². The predicted molar refractivity (Wildman–Crippen MR) is 106 cm³/mol. The summed E-state index contributed by atoms with van der Waals surface area (Å²) in [6, 6.07) is 5.24. The highest BCUT2D eigenvalue weighted by Gasteiger charge is 2.22. The molecule has 1 saturated heterocycles. The van der Waals surface area contributed by atoms with Gasteiger partial charge in [-0.1, -0.05) is 18.5 Å². The number of aryl methyl sites for hydroxylation is 1. The van der Waals surface area contributed by atoms with Crippen LogP contribution in [0.25, 0.3) is 0 Å². The maximum Gasteiger partial charge on any atom is 0.272 e. The van der Waals surface area contributed by atoms with Gasteiger partial charge in [-0.15, -0.1) is 0 Å². The molecule has 0 radical (unpaired) electrons. The van der Waals surface area contributed by atoms with Crippen molar-refractivity contribution in [2.24, 2.45) is 0 Å². The molecule has 1 aromatic carbocycles. The van der Waals surface area contributed by atoms with E-state index >= 15 is 0 Å². The fraction of sp³-hybridized carbons (Fsp3) is 0.421. The summed E-state index contributed by atoms with van der Waals surface area (Å²) in [6.45, 7) is 8.24. The van der Waals surface area contributed by atoms with Gasteiger partial charge in [-0.05, 0) is 31.2 Å². The smallest absolute Gasteiger partial charge is 0.272 e. The number of aromatic nitrogens is 2. The molecule has 2 aromatic rings. The standard InChI is InChI=1S/C19H24ClN5O2/c1-4-24-7-9-25(10-8-24)18(26)15-5-6-21-19(22-15)23-16-11-13(2)14(20)12-17(16)27-3/h5-6,11-12H,4,7-10H2,1-3H3,(H,21,22,23). The van der Waals surface area contributed by atoms with Crippen LogP contribution in [-0.4, -0.2) is 65.5 Å². The van der Waals surface area contributed by atoms with E-state index in [2.05, 4.69) is 27.1 Å². The number of likely N-dealkylation sites (N-methyl/N-ethyl adjacent to an activating group) is 1. The quantitative estimate of drug-likeness (QED) is 0.847. The number of rotatable bonds is 5. The van der Waals surface area contributed by atoms with Gasteiger partial charge in [0.25, 0.3) is 5.91 Å². The fourth-order valence-electron chi connectivity index (χ4n) is 3.02. The van der Waals surface area contributed by atoms with Gasteiger partial charge in [0.1, 0.15) is 11.4 Å². The number of hydrogen-bond acceptors (Lipinski definition) is 6. The van der Waals surface area contributed by atoms with E-state index in [0.29, 0.717) is 41.2 Å². The molecule has 3 rings (SSSR count). The predicted octanol–water partition coefficient (Wildman–Crippen LogP) is 2.97. The molecule has 1 amide bonds. The highest BCUT2D eigenvalue weighted by atomic mass is 35.5. The lowest BCUT2D eigenvalue weighted by Crippen LogP contribution is -2.48. The molecule has 1 fully saturated rings. The number of benzene rings is 1. The Morgan fingerprint density at radius 2 is 2.04 bits per heavy atom. The Labute approximate surface area is 164 Å². The van der Waals surface area contributed by atoms with E-state index in [4.69, 9.17) is 16.3 Å². The van der Waals surface area contributed by atoms with Crippen LogP contribution >= 0.6 is 11.6 Å². The highest BCUT2D eigenvalue weighted by Crippen LogP contribution is 2.32. The number of hydrogen-bond donors (Lipinski definition) is 1. The third-order valence-electron chi connectivity index (χ3n) is 4.71. The Morgan fingerprint density at radius 3 is 2.70 bits per heavy atom. The summed E-state index contributed by atoms with van der Waals surface area (Å²) in [4.78, 5) is 25.6. The Morgan fingerprint density at radius 1 is 1.30 bits per heavy atom. The Bertz CT molecular complexity index is 822. The summed E-state index contributed by atoms with van der Waals surface area (Å²) in [5, 5.41) is 3.74. The largest absolute Gasteiger partial charge is 0.495 e. The molecule has 1 aliphatic rings. The third kappa shape index (κ3) is 4.48. The first-order valence-corrected chi connectivity index (χ1v) is 9.35. The van der Waals surface area contributed by atoms with Crippen LogP contribution in [0, 0.1) is 6.92 Å². The highest BCUT2D eigenvalue weighted by molar-refractivity contribution is 6.31. The van der Waals surface area contributed by atoms with Crippen molar-refractivity contribution in [3.8, 4) is 5.75 Å². The van der Waals surface area contributed by atoms with Gasteiger partial charge in [0.2, 0.25) is 5.95 Å². The summed E-state index contributed by atoms with van der Waals surface area (Å²) in [5.41, 5.74) is 1.98. The van der Waals surface area contributed by atoms with Crippen LogP contribution in [0.4, 0.5) is 11.6 Å². The monoisotopic (exact) mass is 389 g/mol. The van der Waals surface area contributed by atoms with Crippen LogP contribution in [0.15, 0.2) is 24.4 Å². The SMILES string of the molecule is CCN1CCN(C(=O)c2ccnc(Nc3cc(C)c(Cl)cc3OC)n2)CC1. The summed E-state index contributed by atoms with van der Waals surface area (Å²) in [7, 11) is 1.57. The number of halogens is 1. The number of piperazine rings is 1. The summed E-state index contributed by atoms with van der Waals surface area (Å²) in [6.07, 6.45) is 1.58. The minimum atomic E-state index is -0.0737. The Hall–Kier alpha value is -2.38. The van der Waals surface area contributed by atoms with Crippen molar-refractivity contribution in [2.45, 2.75) is 13.8 Å². The minimum Gasteiger partial charge on any atom is -0.495 e. The number of methoxy groups -OCH3 is 1. The first-order valence-electron chi connectivity index (χ1n) is 8.97. The van der Waals surface area contributed by atoms with Crippen LogP contribution < -0.4 is 10.1 Å². The molecule has 0 aliphatic carbocycles. The lowest BCUT2D eigenvalue weighted by Gasteiger charge is -2.33. The summed E-state index contributed by atoms with van der Waals surface area (Å²) in [5.74, 6) is 0.852. The van der Waals surface area contributed by atoms with Gasteiger partial charge >= 0.3 is 0 Å². The van der Waals surface area contributed by atoms with Crippen molar-refractivity contribution in [3.63, 3.8) is 0 Å². The van der Waals surface area contributed by atoms with Crippen molar-refractivity contribution in [1.82, 2.24) is 19.8 Å². The maximum absolute atomic E-state index is 12.8. The van der Waals surface area contributed by atoms with E-state index in [1.807, 2.05) is 17.9 Å². The van der Waals surface area contributed by atoms with Crippen LogP contribution in [0.3, 0.4) is 0 Å². The summed E-state index contributed by atoms with van der Waals surface area (Å²) < 4.78 is 5.36. The van der Waals surface area contributed by atoms with Gasteiger partial charge in [0.15, 0.2) is 0 Å². The average Bonchev–Trinajstić information content (AvgIpc) is 2.70. The number of amides is 1. The normalized spacial score (nSPS) is 14.9. The van der Waals surface area contributed by atoms with Crippen molar-refractivity contribution in [3.05, 3.63) is 40.7 Å². The number of nitrogens with one attached hydrogen (secondary N) is 1. The van der Waals surface area contributed by atoms with E-state index in [1.54, 1.807) is 25.4 Å². The second kappa shape index (κ2) is 8.54. The number of nitrogens with zero attached hydrogens (tertiary/aromatic N) is 4. The minimum absolute atomic E-state index is 0.0737. The fourth-order valence-corrected chi connectivity index (χ4v) is 3.17. The van der Waals surface area contributed by atoms with Gasteiger partial charge in [0, 0.05) is 43.5 Å². The summed E-state index contributed by atoms with van der Waals surface area (Å²) >= 11 is 6.15. The molecule has 0 bridgehead atoms. The Balaban J connectivity index is 1.76. The maximum atomic E-state index is 12.8. The molecular weight excluding hydrogens is 366 g/mol. The van der Waals surface area contributed by atoms with Gasteiger partial charge in [-0.25, -0.2) is 9.97 Å². The van der Waals surface area contributed by atoms with Crippen LogP contribution in [-0.2, 0) is 0 Å². The average molecular weight is 390 g/mol. The molecule has 1 aromatic heterocycles. The Kier molecular flexibility index (Phi) is 6.13. The zero-order valence-corrected chi connectivity index (χ0v) is 16.6. The van der Waals surface area contributed by atoms with Crippen molar-refractivity contribution >= 4 is 29.1 Å². The van der Waals surface area contributed by atoms with Crippen LogP contribution in [0.5, 0.6) is 5.75 Å². The molecule has 27 heavy (non-hydrogen) atoms. The number of carbonyl (C=O) groups is 1. The van der Waals surface area contributed by atoms with E-state index in [9.17, 15) is 4.79 Å². The zero-order valence-electron chi connectivity index (χ0n) is 15.8. The molecule has 144 valence electrons. The second-order valence-corrected chi connectivity index (χ2v) is 6.83. The first-order chi connectivity index (χ1) is 13.0. The number of anilines is 2. The lowest BCUT2D eigenvalue weighted by molar-refractivity contribution is 0.0637. The lowest BCUT2D eigenvalue weighted by atomic mass is 10.2. The number of carbonyl (C=O) groups excluding carboxylic acids is 1. The third-order valence-corrected chi connectivity index (χ3v) is 5.12. The molecule has 1 aliphatic heterocycles. The molecule has 0 unspecified atom stereocenters. The molecule has 0 spiro atoms. The van der Waals surface area contributed by atoms with E-state index in [1.165, 1.54) is 0 Å². The van der Waals surface area contributed by atoms with Crippen molar-refractivity contribution in [1.29, 1.82) is 0 Å². The topological polar surface area (TPSA) is 70.6 Å². The van der Waals surface area contributed by atoms with Crippen LogP contribution in [0.1, 0.15) is 23.0 Å². The first kappa shape index (κ1) is 19.4. The molecule has 0 atom stereocenters. The molecule has 0 saturated carbocycles. The van der Waals surface area contributed by atoms with E-state index in [0.717, 1.165) is 25.2 Å². The van der Waals surface area contributed by atoms with Crippen LogP contribution in [0.2, 0.25) is 5.02 Å². The van der Waals surface area contributed by atoms with E-state index in [-0.39, 0.29) is 5.91 Å². The zero-order chi connectivity index (χ0) is 19.4. The molecular formula is C19H24ClN5O2. The molecule has 7 nitrogen and oxygen atoms in total. The van der Waals surface area contributed by atoms with Gasteiger partial charge in [-0.2, -0.15) is 0 Å². The van der Waals surface area contributed by atoms with Crippen molar-refractivity contribution < 1.29 is 9.53 Å². The van der Waals surface area contributed by atoms with Gasteiger partial charge in [-0.3, -0.25) is 4.79 Å². The van der Waals surface area contributed by atoms with Gasteiger partial charge < -0.3 is 19.9 Å². The molecule has 8 heteroatoms. The molecule has 1 N–H and O–H groups in total. The van der Waals surface area contributed by atoms with Gasteiger partial charge in [0.05, 0.1) is 12.8 Å². The number of ether oxygens (including phenoxy) is 1. The second-order valence-electron chi connectivity index (χ2n) is 6.42. The van der Waals surface area contributed by atoms with Crippen molar-refractivity contribution in [2.75, 3.05) is 45.2 Å². The molecule has 2 heterocycles.